The molecule has 5 nitrogen and oxygen atoms in total. The standard InChI is InChI=1S/C13H24N2O3S/c1-19(2,17)14-9-11-5-4-8-15(10-11)13(16)18-12-6-3-7-12/h11-12H,3-10H2,1-2H3. The Hall–Kier alpha value is -0.780. The Kier molecular flexibility index (Phi) is 4.71. The van der Waals surface area contributed by atoms with E-state index in [9.17, 15) is 9.00 Å². The zero-order valence-electron chi connectivity index (χ0n) is 11.8. The minimum Gasteiger partial charge on any atom is -0.446 e. The highest BCUT2D eigenvalue weighted by Gasteiger charge is 2.28. The first-order valence-corrected chi connectivity index (χ1v) is 9.35. The molecule has 0 N–H and O–H groups in total. The quantitative estimate of drug-likeness (QED) is 0.799. The molecule has 1 atom stereocenters. The third kappa shape index (κ3) is 4.67. The van der Waals surface area contributed by atoms with Gasteiger partial charge in [0.05, 0.1) is 6.54 Å². The second-order valence-corrected chi connectivity index (χ2v) is 8.50. The third-order valence-corrected chi connectivity index (χ3v) is 4.51. The maximum Gasteiger partial charge on any atom is 0.410 e. The smallest absolute Gasteiger partial charge is 0.410 e. The maximum absolute atomic E-state index is 12.0. The van der Waals surface area contributed by atoms with Crippen LogP contribution in [0.2, 0.25) is 0 Å². The minimum atomic E-state index is -2.03. The number of carbonyl (C=O) groups is 1. The summed E-state index contributed by atoms with van der Waals surface area (Å²) in [5, 5.41) is 0. The highest BCUT2D eigenvalue weighted by atomic mass is 32.2. The molecule has 0 radical (unpaired) electrons. The van der Waals surface area contributed by atoms with Gasteiger partial charge in [-0.1, -0.05) is 0 Å². The van der Waals surface area contributed by atoms with Gasteiger partial charge in [0.25, 0.3) is 0 Å². The number of nitrogens with zero attached hydrogens (tertiary/aromatic N) is 2. The molecule has 6 heteroatoms. The Balaban J connectivity index is 1.82. The van der Waals surface area contributed by atoms with Crippen molar-refractivity contribution in [2.24, 2.45) is 10.3 Å². The SMILES string of the molecule is CS(C)(=O)=NCC1CCCN(C(=O)OC2CCC2)C1. The van der Waals surface area contributed by atoms with E-state index >= 15 is 0 Å². The summed E-state index contributed by atoms with van der Waals surface area (Å²) in [4.78, 5) is 13.8. The van der Waals surface area contributed by atoms with E-state index in [1.165, 1.54) is 6.42 Å². The van der Waals surface area contributed by atoms with Crippen LogP contribution in [0.4, 0.5) is 4.79 Å². The number of rotatable bonds is 3. The highest BCUT2D eigenvalue weighted by molar-refractivity contribution is 7.92. The van der Waals surface area contributed by atoms with Crippen molar-refractivity contribution < 1.29 is 13.7 Å². The summed E-state index contributed by atoms with van der Waals surface area (Å²) in [6.45, 7) is 2.04. The molecule has 19 heavy (non-hydrogen) atoms. The highest BCUT2D eigenvalue weighted by Crippen LogP contribution is 2.24. The molecule has 1 unspecified atom stereocenters. The first kappa shape index (κ1) is 14.6. The van der Waals surface area contributed by atoms with Crippen molar-refractivity contribution in [3.63, 3.8) is 0 Å². The zero-order valence-corrected chi connectivity index (χ0v) is 12.7. The molecule has 2 fully saturated rings. The number of likely N-dealkylation sites (tertiary alicyclic amines) is 1. The number of ether oxygens (including phenoxy) is 1. The molecule has 2 aliphatic rings. The Labute approximate surface area is 115 Å². The lowest BCUT2D eigenvalue weighted by molar-refractivity contribution is 0.0193. The summed E-state index contributed by atoms with van der Waals surface area (Å²) in [6, 6.07) is 0. The van der Waals surface area contributed by atoms with Crippen LogP contribution < -0.4 is 0 Å². The molecule has 1 saturated carbocycles. The second-order valence-electron chi connectivity index (χ2n) is 5.88. The fraction of sp³-hybridized carbons (Fsp3) is 0.923. The summed E-state index contributed by atoms with van der Waals surface area (Å²) in [6.07, 6.45) is 8.47. The van der Waals surface area contributed by atoms with Gasteiger partial charge in [0.1, 0.15) is 6.10 Å². The molecular weight excluding hydrogens is 264 g/mol. The van der Waals surface area contributed by atoms with Crippen LogP contribution in [-0.2, 0) is 14.5 Å². The number of hydrogen-bond donors (Lipinski definition) is 0. The van der Waals surface area contributed by atoms with E-state index in [0.29, 0.717) is 19.0 Å². The summed E-state index contributed by atoms with van der Waals surface area (Å²) in [5.74, 6) is 0.323. The molecule has 0 aromatic rings. The van der Waals surface area contributed by atoms with Gasteiger partial charge >= 0.3 is 6.09 Å². The first-order chi connectivity index (χ1) is 8.94. The second kappa shape index (κ2) is 6.11. The molecule has 110 valence electrons. The Morgan fingerprint density at radius 1 is 1.32 bits per heavy atom. The number of amides is 1. The van der Waals surface area contributed by atoms with E-state index in [0.717, 1.165) is 32.2 Å². The van der Waals surface area contributed by atoms with Crippen molar-refractivity contribution in [3.8, 4) is 0 Å². The van der Waals surface area contributed by atoms with Gasteiger partial charge in [-0.25, -0.2) is 9.16 Å². The summed E-state index contributed by atoms with van der Waals surface area (Å²) < 4.78 is 21.2. The Morgan fingerprint density at radius 3 is 2.63 bits per heavy atom. The van der Waals surface area contributed by atoms with Crippen molar-refractivity contribution in [1.29, 1.82) is 0 Å². The largest absolute Gasteiger partial charge is 0.446 e. The molecule has 2 rings (SSSR count). The maximum atomic E-state index is 12.0. The van der Waals surface area contributed by atoms with E-state index in [-0.39, 0.29) is 12.2 Å². The molecule has 1 amide bonds. The van der Waals surface area contributed by atoms with Crippen LogP contribution in [0.25, 0.3) is 0 Å². The van der Waals surface area contributed by atoms with Crippen LogP contribution in [0, 0.1) is 5.92 Å². The van der Waals surface area contributed by atoms with Gasteiger partial charge in [-0.15, -0.1) is 0 Å². The van der Waals surface area contributed by atoms with Crippen molar-refractivity contribution >= 4 is 15.8 Å². The predicted molar refractivity (Wildman–Crippen MR) is 75.7 cm³/mol. The van der Waals surface area contributed by atoms with Gasteiger partial charge in [0, 0.05) is 35.3 Å². The monoisotopic (exact) mass is 288 g/mol. The van der Waals surface area contributed by atoms with E-state index in [2.05, 4.69) is 4.36 Å². The number of hydrogen-bond acceptors (Lipinski definition) is 4. The van der Waals surface area contributed by atoms with Gasteiger partial charge in [-0.3, -0.25) is 4.21 Å². The van der Waals surface area contributed by atoms with Crippen molar-refractivity contribution in [1.82, 2.24) is 4.90 Å². The van der Waals surface area contributed by atoms with Crippen LogP contribution >= 0.6 is 0 Å². The molecule has 0 spiro atoms. The van der Waals surface area contributed by atoms with Gasteiger partial charge in [0.15, 0.2) is 0 Å². The van der Waals surface area contributed by atoms with Crippen LogP contribution in [-0.4, -0.2) is 53.5 Å². The average molecular weight is 288 g/mol. The van der Waals surface area contributed by atoms with E-state index in [1.807, 2.05) is 0 Å². The Bertz CT molecular complexity index is 431. The van der Waals surface area contributed by atoms with Crippen molar-refractivity contribution in [2.45, 2.75) is 38.2 Å². The molecule has 1 aliphatic carbocycles. The molecule has 0 aromatic carbocycles. The molecule has 0 bridgehead atoms. The van der Waals surface area contributed by atoms with Gasteiger partial charge < -0.3 is 9.64 Å². The van der Waals surface area contributed by atoms with E-state index in [1.54, 1.807) is 17.4 Å². The van der Waals surface area contributed by atoms with Crippen molar-refractivity contribution in [3.05, 3.63) is 0 Å². The number of piperidine rings is 1. The van der Waals surface area contributed by atoms with Gasteiger partial charge in [0.2, 0.25) is 0 Å². The fourth-order valence-corrected chi connectivity index (χ4v) is 2.94. The van der Waals surface area contributed by atoms with Gasteiger partial charge in [-0.2, -0.15) is 0 Å². The van der Waals surface area contributed by atoms with Crippen LogP contribution in [0.5, 0.6) is 0 Å². The molecule has 1 aliphatic heterocycles. The molecular formula is C13H24N2O3S. The molecule has 0 aromatic heterocycles. The van der Waals surface area contributed by atoms with Crippen molar-refractivity contribution in [2.75, 3.05) is 32.1 Å². The third-order valence-electron chi connectivity index (χ3n) is 3.74. The Morgan fingerprint density at radius 2 is 2.05 bits per heavy atom. The average Bonchev–Trinajstić information content (AvgIpc) is 2.30. The van der Waals surface area contributed by atoms with E-state index in [4.69, 9.17) is 4.74 Å². The predicted octanol–water partition coefficient (Wildman–Crippen LogP) is 2.12. The first-order valence-electron chi connectivity index (χ1n) is 7.02. The number of carbonyl (C=O) groups excluding carboxylic acids is 1. The van der Waals surface area contributed by atoms with E-state index < -0.39 is 9.73 Å². The van der Waals surface area contributed by atoms with Crippen LogP contribution in [0.15, 0.2) is 4.36 Å². The lowest BCUT2D eigenvalue weighted by Gasteiger charge is -2.34. The zero-order chi connectivity index (χ0) is 13.9. The summed E-state index contributed by atoms with van der Waals surface area (Å²) in [7, 11) is -2.03. The lowest BCUT2D eigenvalue weighted by Crippen LogP contribution is -2.43. The summed E-state index contributed by atoms with van der Waals surface area (Å²) in [5.41, 5.74) is 0. The lowest BCUT2D eigenvalue weighted by atomic mass is 9.96. The summed E-state index contributed by atoms with van der Waals surface area (Å²) >= 11 is 0. The normalized spacial score (nSPS) is 24.7. The fourth-order valence-electron chi connectivity index (χ4n) is 2.37. The molecule has 1 saturated heterocycles. The van der Waals surface area contributed by atoms with Crippen LogP contribution in [0.3, 0.4) is 0 Å². The van der Waals surface area contributed by atoms with Crippen LogP contribution in [0.1, 0.15) is 32.1 Å². The molecule has 1 heterocycles. The topological polar surface area (TPSA) is 59.0 Å². The van der Waals surface area contributed by atoms with Gasteiger partial charge in [-0.05, 0) is 38.0 Å². The minimum absolute atomic E-state index is 0.141.